The predicted molar refractivity (Wildman–Crippen MR) is 130 cm³/mol. The highest BCUT2D eigenvalue weighted by Crippen LogP contribution is 2.29. The predicted octanol–water partition coefficient (Wildman–Crippen LogP) is 4.97. The van der Waals surface area contributed by atoms with Crippen LogP contribution in [0.15, 0.2) is 72.8 Å². The molecular formula is C28H29N3O2. The summed E-state index contributed by atoms with van der Waals surface area (Å²) in [5.74, 6) is 0.943. The van der Waals surface area contributed by atoms with Crippen LogP contribution < -0.4 is 10.5 Å². The Hall–Kier alpha value is -3.62. The fraction of sp³-hybridized carbons (Fsp3) is 0.286. The minimum Gasteiger partial charge on any atom is -0.494 e. The van der Waals surface area contributed by atoms with Crippen LogP contribution in [0.4, 0.5) is 0 Å². The highest BCUT2D eigenvalue weighted by atomic mass is 16.5. The van der Waals surface area contributed by atoms with Gasteiger partial charge in [-0.25, -0.2) is 0 Å². The van der Waals surface area contributed by atoms with E-state index in [0.29, 0.717) is 18.1 Å². The summed E-state index contributed by atoms with van der Waals surface area (Å²) in [6.45, 7) is 3.83. The van der Waals surface area contributed by atoms with Gasteiger partial charge in [-0.2, -0.15) is 5.26 Å². The third-order valence-electron chi connectivity index (χ3n) is 6.28. The van der Waals surface area contributed by atoms with Gasteiger partial charge in [0.05, 0.1) is 18.2 Å². The largest absolute Gasteiger partial charge is 0.494 e. The van der Waals surface area contributed by atoms with Crippen molar-refractivity contribution >= 4 is 5.91 Å². The van der Waals surface area contributed by atoms with E-state index in [1.165, 1.54) is 5.56 Å². The lowest BCUT2D eigenvalue weighted by atomic mass is 9.88. The molecular weight excluding hydrogens is 410 g/mol. The van der Waals surface area contributed by atoms with Gasteiger partial charge >= 0.3 is 0 Å². The molecule has 0 spiro atoms. The number of carbonyl (C=O) groups is 1. The maximum atomic E-state index is 11.5. The normalized spacial score (nSPS) is 14.5. The van der Waals surface area contributed by atoms with Gasteiger partial charge in [0.25, 0.3) is 0 Å². The number of nitrogens with two attached hydrogens (primary N) is 1. The topological polar surface area (TPSA) is 79.3 Å². The summed E-state index contributed by atoms with van der Waals surface area (Å²) in [5, 5.41) is 9.12. The molecule has 0 aliphatic carbocycles. The average molecular weight is 440 g/mol. The van der Waals surface area contributed by atoms with Gasteiger partial charge in [0.2, 0.25) is 5.91 Å². The number of likely N-dealkylation sites (tertiary alicyclic amines) is 1. The van der Waals surface area contributed by atoms with Crippen LogP contribution in [0, 0.1) is 11.3 Å². The van der Waals surface area contributed by atoms with Crippen molar-refractivity contribution in [2.45, 2.75) is 25.2 Å². The van der Waals surface area contributed by atoms with Crippen molar-refractivity contribution in [3.63, 3.8) is 0 Å². The van der Waals surface area contributed by atoms with Crippen LogP contribution in [0.5, 0.6) is 5.75 Å². The van der Waals surface area contributed by atoms with Crippen LogP contribution in [-0.4, -0.2) is 37.0 Å². The molecule has 0 radical (unpaired) electrons. The monoisotopic (exact) mass is 439 g/mol. The number of primary amides is 1. The van der Waals surface area contributed by atoms with Crippen LogP contribution in [0.3, 0.4) is 0 Å². The Morgan fingerprint density at radius 2 is 1.73 bits per heavy atom. The maximum absolute atomic E-state index is 11.5. The highest BCUT2D eigenvalue weighted by Gasteiger charge is 2.20. The molecule has 1 aliphatic heterocycles. The molecule has 33 heavy (non-hydrogen) atoms. The molecule has 1 amide bonds. The summed E-state index contributed by atoms with van der Waals surface area (Å²) in [7, 11) is 0. The van der Waals surface area contributed by atoms with Gasteiger partial charge in [-0.15, -0.1) is 0 Å². The number of piperidine rings is 1. The minimum atomic E-state index is -0.427. The molecule has 0 atom stereocenters. The van der Waals surface area contributed by atoms with Gasteiger partial charge in [-0.05, 0) is 91.4 Å². The lowest BCUT2D eigenvalue weighted by Gasteiger charge is -2.32. The Labute approximate surface area is 195 Å². The van der Waals surface area contributed by atoms with E-state index in [9.17, 15) is 4.79 Å². The number of nitrogens with zero attached hydrogens (tertiary/aromatic N) is 2. The number of rotatable bonds is 8. The van der Waals surface area contributed by atoms with Gasteiger partial charge < -0.3 is 15.4 Å². The van der Waals surface area contributed by atoms with Gasteiger partial charge in [0.1, 0.15) is 5.75 Å². The molecule has 1 fully saturated rings. The summed E-state index contributed by atoms with van der Waals surface area (Å²) in [6.07, 6.45) is 3.22. The zero-order chi connectivity index (χ0) is 23.0. The SMILES string of the molecule is N#Cc1cccc(C2CCN(CCCOc3cccc(-c4cccc(C(N)=O)c4)c3)CC2)c1. The first kappa shape index (κ1) is 22.6. The molecule has 0 saturated carbocycles. The number of hydrogen-bond acceptors (Lipinski definition) is 4. The summed E-state index contributed by atoms with van der Waals surface area (Å²) in [6, 6.07) is 25.5. The van der Waals surface area contributed by atoms with Gasteiger partial charge in [-0.3, -0.25) is 4.79 Å². The molecule has 5 heteroatoms. The summed E-state index contributed by atoms with van der Waals surface area (Å²) < 4.78 is 6.00. The first-order valence-corrected chi connectivity index (χ1v) is 11.5. The molecule has 2 N–H and O–H groups in total. The molecule has 0 aromatic heterocycles. The second kappa shape index (κ2) is 10.8. The fourth-order valence-electron chi connectivity index (χ4n) is 4.45. The molecule has 3 aromatic carbocycles. The molecule has 1 heterocycles. The van der Waals surface area contributed by atoms with Crippen LogP contribution in [0.25, 0.3) is 11.1 Å². The van der Waals surface area contributed by atoms with Crippen molar-refractivity contribution in [2.24, 2.45) is 5.73 Å². The summed E-state index contributed by atoms with van der Waals surface area (Å²) in [4.78, 5) is 14.0. The van der Waals surface area contributed by atoms with Gasteiger partial charge in [0, 0.05) is 12.1 Å². The zero-order valence-electron chi connectivity index (χ0n) is 18.7. The van der Waals surface area contributed by atoms with E-state index in [-0.39, 0.29) is 0 Å². The third-order valence-corrected chi connectivity index (χ3v) is 6.28. The van der Waals surface area contributed by atoms with Gasteiger partial charge in [-0.1, -0.05) is 36.4 Å². The summed E-state index contributed by atoms with van der Waals surface area (Å²) in [5.41, 5.74) is 9.88. The van der Waals surface area contributed by atoms with Crippen molar-refractivity contribution in [1.29, 1.82) is 5.26 Å². The van der Waals surface area contributed by atoms with Crippen LogP contribution in [0.1, 0.15) is 46.7 Å². The van der Waals surface area contributed by atoms with Gasteiger partial charge in [0.15, 0.2) is 0 Å². The molecule has 0 bridgehead atoms. The molecule has 0 unspecified atom stereocenters. The van der Waals surface area contributed by atoms with Crippen molar-refractivity contribution in [3.8, 4) is 22.9 Å². The molecule has 1 saturated heterocycles. The highest BCUT2D eigenvalue weighted by molar-refractivity contribution is 5.94. The molecule has 1 aliphatic rings. The van der Waals surface area contributed by atoms with E-state index in [1.54, 1.807) is 6.07 Å². The van der Waals surface area contributed by atoms with Crippen molar-refractivity contribution in [2.75, 3.05) is 26.2 Å². The third kappa shape index (κ3) is 6.00. The lowest BCUT2D eigenvalue weighted by molar-refractivity contribution is 0.100. The summed E-state index contributed by atoms with van der Waals surface area (Å²) >= 11 is 0. The second-order valence-electron chi connectivity index (χ2n) is 8.53. The van der Waals surface area contributed by atoms with Crippen LogP contribution in [-0.2, 0) is 0 Å². The number of hydrogen-bond donors (Lipinski definition) is 1. The number of amides is 1. The number of benzene rings is 3. The van der Waals surface area contributed by atoms with E-state index in [1.807, 2.05) is 60.7 Å². The molecule has 5 nitrogen and oxygen atoms in total. The Kier molecular flexibility index (Phi) is 7.39. The van der Waals surface area contributed by atoms with Crippen molar-refractivity contribution in [3.05, 3.63) is 89.5 Å². The fourth-order valence-corrected chi connectivity index (χ4v) is 4.45. The molecule has 4 rings (SSSR count). The average Bonchev–Trinajstić information content (AvgIpc) is 2.87. The number of ether oxygens (including phenoxy) is 1. The zero-order valence-corrected chi connectivity index (χ0v) is 18.7. The Bertz CT molecular complexity index is 1140. The van der Waals surface area contributed by atoms with E-state index in [2.05, 4.69) is 17.0 Å². The minimum absolute atomic E-state index is 0.427. The van der Waals surface area contributed by atoms with Crippen molar-refractivity contribution < 1.29 is 9.53 Å². The Balaban J connectivity index is 1.23. The molecule has 3 aromatic rings. The first-order valence-electron chi connectivity index (χ1n) is 11.5. The van der Waals surface area contributed by atoms with Crippen molar-refractivity contribution in [1.82, 2.24) is 4.90 Å². The van der Waals surface area contributed by atoms with E-state index >= 15 is 0 Å². The van der Waals surface area contributed by atoms with E-state index in [0.717, 1.165) is 61.3 Å². The van der Waals surface area contributed by atoms with Crippen LogP contribution in [0.2, 0.25) is 0 Å². The quantitative estimate of drug-likeness (QED) is 0.503. The standard InChI is InChI=1S/C28H29N3O2/c29-20-21-5-1-6-23(17-21)22-11-14-31(15-12-22)13-4-16-33-27-10-3-8-25(19-27)24-7-2-9-26(18-24)28(30)32/h1-3,5-10,17-19,22H,4,11-16H2,(H2,30,32). The Morgan fingerprint density at radius 3 is 2.48 bits per heavy atom. The van der Waals surface area contributed by atoms with E-state index < -0.39 is 5.91 Å². The van der Waals surface area contributed by atoms with Crippen LogP contribution >= 0.6 is 0 Å². The second-order valence-corrected chi connectivity index (χ2v) is 8.53. The number of carbonyl (C=O) groups excluding carboxylic acids is 1. The van der Waals surface area contributed by atoms with E-state index in [4.69, 9.17) is 15.7 Å². The lowest BCUT2D eigenvalue weighted by Crippen LogP contribution is -2.34. The Morgan fingerprint density at radius 1 is 1.00 bits per heavy atom. The number of nitriles is 1. The molecule has 168 valence electrons. The maximum Gasteiger partial charge on any atom is 0.248 e. The first-order chi connectivity index (χ1) is 16.1. The smallest absolute Gasteiger partial charge is 0.248 e.